The quantitative estimate of drug-likeness (QED) is 0.566. The lowest BCUT2D eigenvalue weighted by atomic mass is 10.0. The SMILES string of the molecule is CCC(CCBr)CNS(=O)(=O)c1cc(Br)c(C)cc1Br. The second kappa shape index (κ2) is 8.27. The Bertz CT molecular complexity index is 561. The molecule has 0 amide bonds. The predicted octanol–water partition coefficient (Wildman–Crippen LogP) is 4.61. The highest BCUT2D eigenvalue weighted by atomic mass is 79.9. The first-order valence-electron chi connectivity index (χ1n) is 6.33. The molecule has 0 heterocycles. The highest BCUT2D eigenvalue weighted by molar-refractivity contribution is 9.11. The third-order valence-electron chi connectivity index (χ3n) is 3.16. The molecule has 0 aliphatic heterocycles. The van der Waals surface area contributed by atoms with Crippen LogP contribution in [0, 0.1) is 12.8 Å². The van der Waals surface area contributed by atoms with Gasteiger partial charge in [-0.05, 0) is 52.9 Å². The van der Waals surface area contributed by atoms with Crippen molar-refractivity contribution < 1.29 is 8.42 Å². The zero-order chi connectivity index (χ0) is 15.3. The molecule has 1 atom stereocenters. The minimum Gasteiger partial charge on any atom is -0.211 e. The van der Waals surface area contributed by atoms with E-state index in [9.17, 15) is 8.42 Å². The van der Waals surface area contributed by atoms with E-state index in [-0.39, 0.29) is 4.90 Å². The fourth-order valence-corrected chi connectivity index (χ4v) is 5.18. The molecule has 0 spiro atoms. The number of rotatable bonds is 7. The number of halogens is 3. The van der Waals surface area contributed by atoms with E-state index in [0.717, 1.165) is 28.2 Å². The lowest BCUT2D eigenvalue weighted by molar-refractivity contribution is 0.483. The first kappa shape index (κ1) is 18.6. The van der Waals surface area contributed by atoms with E-state index in [0.29, 0.717) is 16.9 Å². The van der Waals surface area contributed by atoms with Crippen LogP contribution in [0.3, 0.4) is 0 Å². The van der Waals surface area contributed by atoms with Crippen LogP contribution in [-0.4, -0.2) is 20.3 Å². The number of sulfonamides is 1. The number of hydrogen-bond acceptors (Lipinski definition) is 2. The van der Waals surface area contributed by atoms with Gasteiger partial charge in [-0.1, -0.05) is 45.2 Å². The van der Waals surface area contributed by atoms with E-state index in [1.165, 1.54) is 0 Å². The van der Waals surface area contributed by atoms with Gasteiger partial charge in [-0.3, -0.25) is 0 Å². The molecule has 0 saturated heterocycles. The Kier molecular flexibility index (Phi) is 7.70. The maximum atomic E-state index is 12.4. The Morgan fingerprint density at radius 3 is 2.45 bits per heavy atom. The Hall–Kier alpha value is 0.570. The highest BCUT2D eigenvalue weighted by Crippen LogP contribution is 2.28. The van der Waals surface area contributed by atoms with Gasteiger partial charge in [-0.2, -0.15) is 0 Å². The van der Waals surface area contributed by atoms with Gasteiger partial charge in [0.2, 0.25) is 10.0 Å². The monoisotopic (exact) mass is 489 g/mol. The predicted molar refractivity (Wildman–Crippen MR) is 94.0 cm³/mol. The summed E-state index contributed by atoms with van der Waals surface area (Å²) < 4.78 is 28.8. The van der Waals surface area contributed by atoms with E-state index in [2.05, 4.69) is 59.4 Å². The van der Waals surface area contributed by atoms with Gasteiger partial charge in [0.25, 0.3) is 0 Å². The van der Waals surface area contributed by atoms with Crippen LogP contribution in [0.4, 0.5) is 0 Å². The summed E-state index contributed by atoms with van der Waals surface area (Å²) in [7, 11) is -3.50. The normalized spacial score (nSPS) is 13.4. The average molecular weight is 492 g/mol. The topological polar surface area (TPSA) is 46.2 Å². The molecule has 0 fully saturated rings. The Morgan fingerprint density at radius 2 is 1.90 bits per heavy atom. The van der Waals surface area contributed by atoms with Crippen LogP contribution in [0.15, 0.2) is 26.0 Å². The van der Waals surface area contributed by atoms with E-state index < -0.39 is 10.0 Å². The maximum absolute atomic E-state index is 12.4. The van der Waals surface area contributed by atoms with Gasteiger partial charge in [-0.15, -0.1) is 0 Å². The first-order chi connectivity index (χ1) is 9.31. The van der Waals surface area contributed by atoms with Crippen molar-refractivity contribution in [3.8, 4) is 0 Å². The lowest BCUT2D eigenvalue weighted by Gasteiger charge is -2.15. The molecule has 1 unspecified atom stereocenters. The van der Waals surface area contributed by atoms with Gasteiger partial charge < -0.3 is 0 Å². The zero-order valence-electron chi connectivity index (χ0n) is 11.4. The number of aryl methyl sites for hydroxylation is 1. The van der Waals surface area contributed by atoms with Gasteiger partial charge in [0, 0.05) is 20.8 Å². The molecule has 3 nitrogen and oxygen atoms in total. The van der Waals surface area contributed by atoms with Gasteiger partial charge in [-0.25, -0.2) is 13.1 Å². The summed E-state index contributed by atoms with van der Waals surface area (Å²) >= 11 is 10.1. The van der Waals surface area contributed by atoms with E-state index in [1.807, 2.05) is 6.92 Å². The lowest BCUT2D eigenvalue weighted by Crippen LogP contribution is -2.29. The summed E-state index contributed by atoms with van der Waals surface area (Å²) in [4.78, 5) is 0.267. The zero-order valence-corrected chi connectivity index (χ0v) is 17.0. The van der Waals surface area contributed by atoms with Crippen LogP contribution in [0.2, 0.25) is 0 Å². The molecule has 0 aliphatic rings. The van der Waals surface area contributed by atoms with E-state index >= 15 is 0 Å². The van der Waals surface area contributed by atoms with Crippen molar-refractivity contribution in [1.82, 2.24) is 4.72 Å². The van der Waals surface area contributed by atoms with Gasteiger partial charge >= 0.3 is 0 Å². The molecule has 0 aromatic heterocycles. The Morgan fingerprint density at radius 1 is 1.25 bits per heavy atom. The largest absolute Gasteiger partial charge is 0.241 e. The van der Waals surface area contributed by atoms with Gasteiger partial charge in [0.05, 0.1) is 4.90 Å². The Balaban J connectivity index is 2.92. The van der Waals surface area contributed by atoms with Crippen molar-refractivity contribution in [3.63, 3.8) is 0 Å². The summed E-state index contributed by atoms with van der Waals surface area (Å²) in [5.41, 5.74) is 0.988. The molecule has 20 heavy (non-hydrogen) atoms. The first-order valence-corrected chi connectivity index (χ1v) is 10.5. The second-order valence-corrected chi connectivity index (χ2v) is 8.87. The Labute approximate surface area is 146 Å². The van der Waals surface area contributed by atoms with Crippen molar-refractivity contribution >= 4 is 57.8 Å². The van der Waals surface area contributed by atoms with E-state index in [4.69, 9.17) is 0 Å². The van der Waals surface area contributed by atoms with Crippen LogP contribution < -0.4 is 4.72 Å². The standard InChI is InChI=1S/C13H18Br3NO2S/c1-3-10(4-5-14)8-17-20(18,19)13-7-11(15)9(2)6-12(13)16/h6-7,10,17H,3-5,8H2,1-2H3. The molecule has 0 bridgehead atoms. The smallest absolute Gasteiger partial charge is 0.211 e. The van der Waals surface area contributed by atoms with Crippen molar-refractivity contribution in [2.45, 2.75) is 31.6 Å². The van der Waals surface area contributed by atoms with Gasteiger partial charge in [0.15, 0.2) is 0 Å². The van der Waals surface area contributed by atoms with Crippen LogP contribution in [0.25, 0.3) is 0 Å². The number of alkyl halides is 1. The van der Waals surface area contributed by atoms with Gasteiger partial charge in [0.1, 0.15) is 0 Å². The minimum atomic E-state index is -3.50. The van der Waals surface area contributed by atoms with Crippen molar-refractivity contribution in [2.24, 2.45) is 5.92 Å². The van der Waals surface area contributed by atoms with Crippen LogP contribution in [-0.2, 0) is 10.0 Å². The molecule has 1 N–H and O–H groups in total. The second-order valence-electron chi connectivity index (χ2n) is 4.64. The number of nitrogens with one attached hydrogen (secondary N) is 1. The summed E-state index contributed by atoms with van der Waals surface area (Å²) in [5.74, 6) is 0.344. The molecule has 0 radical (unpaired) electrons. The van der Waals surface area contributed by atoms with Crippen LogP contribution in [0.5, 0.6) is 0 Å². The third-order valence-corrected chi connectivity index (χ3v) is 6.85. The highest BCUT2D eigenvalue weighted by Gasteiger charge is 2.20. The summed E-state index contributed by atoms with van der Waals surface area (Å²) in [6.07, 6.45) is 1.91. The summed E-state index contributed by atoms with van der Waals surface area (Å²) in [6.45, 7) is 4.45. The maximum Gasteiger partial charge on any atom is 0.241 e. The minimum absolute atomic E-state index is 0.267. The summed E-state index contributed by atoms with van der Waals surface area (Å²) in [5, 5.41) is 0.882. The molecular formula is C13H18Br3NO2S. The van der Waals surface area contributed by atoms with Crippen LogP contribution in [0.1, 0.15) is 25.3 Å². The molecule has 0 aliphatic carbocycles. The van der Waals surface area contributed by atoms with E-state index in [1.54, 1.807) is 12.1 Å². The molecule has 1 rings (SSSR count). The van der Waals surface area contributed by atoms with Crippen molar-refractivity contribution in [2.75, 3.05) is 11.9 Å². The fourth-order valence-electron chi connectivity index (χ4n) is 1.74. The average Bonchev–Trinajstić information content (AvgIpc) is 2.38. The molecule has 114 valence electrons. The number of hydrogen-bond donors (Lipinski definition) is 1. The third kappa shape index (κ3) is 5.09. The van der Waals surface area contributed by atoms with Crippen molar-refractivity contribution in [3.05, 3.63) is 26.6 Å². The molecule has 1 aromatic rings. The molecule has 0 saturated carbocycles. The number of benzene rings is 1. The van der Waals surface area contributed by atoms with Crippen molar-refractivity contribution in [1.29, 1.82) is 0 Å². The molecule has 1 aromatic carbocycles. The fraction of sp³-hybridized carbons (Fsp3) is 0.538. The van der Waals surface area contributed by atoms with Crippen LogP contribution >= 0.6 is 47.8 Å². The summed E-state index contributed by atoms with van der Waals surface area (Å²) in [6, 6.07) is 3.43. The molecular weight excluding hydrogens is 474 g/mol. The molecule has 7 heteroatoms.